The highest BCUT2D eigenvalue weighted by molar-refractivity contribution is 5.75. The number of carboxylic acids is 1. The van der Waals surface area contributed by atoms with Crippen LogP contribution in [0.25, 0.3) is 0 Å². The van der Waals surface area contributed by atoms with Gasteiger partial charge in [-0.05, 0) is 36.2 Å². The Bertz CT molecular complexity index is 629. The van der Waals surface area contributed by atoms with Crippen molar-refractivity contribution in [3.05, 3.63) is 65.2 Å². The zero-order chi connectivity index (χ0) is 14.7. The fourth-order valence-corrected chi connectivity index (χ4v) is 1.81. The maximum absolute atomic E-state index is 13.1. The molecule has 0 amide bonds. The Morgan fingerprint density at radius 3 is 2.45 bits per heavy atom. The predicted molar refractivity (Wildman–Crippen MR) is 64.6 cm³/mol. The second kappa shape index (κ2) is 5.73. The molecule has 0 fully saturated rings. The van der Waals surface area contributed by atoms with Crippen molar-refractivity contribution < 1.29 is 23.1 Å². The topological polar surface area (TPSA) is 50.2 Å². The summed E-state index contributed by atoms with van der Waals surface area (Å²) in [6.45, 7) is 0. The molecule has 0 aliphatic rings. The number of hydrogen-bond acceptors (Lipinski definition) is 2. The van der Waals surface area contributed by atoms with E-state index in [4.69, 9.17) is 0 Å². The van der Waals surface area contributed by atoms with Crippen molar-refractivity contribution >= 4 is 5.97 Å². The average Bonchev–Trinajstić information content (AvgIpc) is 2.41. The summed E-state index contributed by atoms with van der Waals surface area (Å²) in [7, 11) is 0. The Kier molecular flexibility index (Phi) is 4.02. The molecule has 3 nitrogen and oxygen atoms in total. The summed E-state index contributed by atoms with van der Waals surface area (Å²) in [5.74, 6) is -4.85. The van der Waals surface area contributed by atoms with Crippen LogP contribution >= 0.6 is 0 Å². The zero-order valence-corrected chi connectivity index (χ0v) is 10.2. The fourth-order valence-electron chi connectivity index (χ4n) is 1.81. The van der Waals surface area contributed by atoms with Crippen molar-refractivity contribution in [1.82, 2.24) is 4.98 Å². The fraction of sp³-hybridized carbons (Fsp3) is 0.143. The van der Waals surface area contributed by atoms with E-state index in [1.54, 1.807) is 0 Å². The van der Waals surface area contributed by atoms with Gasteiger partial charge in [-0.1, -0.05) is 6.07 Å². The van der Waals surface area contributed by atoms with E-state index < -0.39 is 29.3 Å². The molecule has 0 saturated heterocycles. The summed E-state index contributed by atoms with van der Waals surface area (Å²) >= 11 is 0. The monoisotopic (exact) mass is 281 g/mol. The standard InChI is InChI=1S/C14H10F3NO2/c15-9-2-4-13(18-7-9)10(14(19)20)5-8-1-3-11(16)12(17)6-8/h1-4,6-7,10H,5H2,(H,19,20). The van der Waals surface area contributed by atoms with Gasteiger partial charge in [-0.25, -0.2) is 13.2 Å². The van der Waals surface area contributed by atoms with Gasteiger partial charge in [-0.3, -0.25) is 9.78 Å². The number of halogens is 3. The van der Waals surface area contributed by atoms with Crippen LogP contribution in [0.4, 0.5) is 13.2 Å². The van der Waals surface area contributed by atoms with Crippen LogP contribution in [-0.2, 0) is 11.2 Å². The van der Waals surface area contributed by atoms with E-state index >= 15 is 0 Å². The Labute approximate surface area is 112 Å². The van der Waals surface area contributed by atoms with Gasteiger partial charge in [0.2, 0.25) is 0 Å². The predicted octanol–water partition coefficient (Wildman–Crippen LogP) is 2.91. The molecule has 1 unspecified atom stereocenters. The van der Waals surface area contributed by atoms with Crippen molar-refractivity contribution in [2.24, 2.45) is 0 Å². The van der Waals surface area contributed by atoms with Gasteiger partial charge in [0.25, 0.3) is 0 Å². The first-order valence-corrected chi connectivity index (χ1v) is 5.75. The van der Waals surface area contributed by atoms with Crippen LogP contribution in [0.2, 0.25) is 0 Å². The van der Waals surface area contributed by atoms with Crippen LogP contribution in [0, 0.1) is 17.5 Å². The van der Waals surface area contributed by atoms with Crippen molar-refractivity contribution in [3.63, 3.8) is 0 Å². The first-order valence-electron chi connectivity index (χ1n) is 5.75. The second-order valence-electron chi connectivity index (χ2n) is 4.24. The van der Waals surface area contributed by atoms with Gasteiger partial charge in [0, 0.05) is 0 Å². The van der Waals surface area contributed by atoms with Gasteiger partial charge in [-0.2, -0.15) is 0 Å². The molecule has 0 spiro atoms. The second-order valence-corrected chi connectivity index (χ2v) is 4.24. The smallest absolute Gasteiger partial charge is 0.312 e. The molecule has 0 radical (unpaired) electrons. The van der Waals surface area contributed by atoms with Crippen LogP contribution in [0.3, 0.4) is 0 Å². The van der Waals surface area contributed by atoms with Crippen LogP contribution in [0.15, 0.2) is 36.5 Å². The maximum atomic E-state index is 13.1. The molecule has 1 atom stereocenters. The number of carboxylic acid groups (broad SMARTS) is 1. The van der Waals surface area contributed by atoms with Crippen molar-refractivity contribution in [2.45, 2.75) is 12.3 Å². The molecule has 0 bridgehead atoms. The number of aliphatic carboxylic acids is 1. The Balaban J connectivity index is 2.27. The summed E-state index contributed by atoms with van der Waals surface area (Å²) in [5.41, 5.74) is 0.478. The third-order valence-corrected chi connectivity index (χ3v) is 2.83. The lowest BCUT2D eigenvalue weighted by molar-refractivity contribution is -0.138. The summed E-state index contributed by atoms with van der Waals surface area (Å²) < 4.78 is 38.7. The highest BCUT2D eigenvalue weighted by Crippen LogP contribution is 2.21. The van der Waals surface area contributed by atoms with Crippen LogP contribution in [-0.4, -0.2) is 16.1 Å². The largest absolute Gasteiger partial charge is 0.481 e. The van der Waals surface area contributed by atoms with Gasteiger partial charge in [0.05, 0.1) is 11.9 Å². The number of benzene rings is 1. The maximum Gasteiger partial charge on any atom is 0.312 e. The molecule has 0 saturated carbocycles. The molecule has 1 aromatic carbocycles. The van der Waals surface area contributed by atoms with Gasteiger partial charge in [0.15, 0.2) is 11.6 Å². The number of aromatic nitrogens is 1. The molecule has 0 aliphatic heterocycles. The molecule has 1 aromatic heterocycles. The molecule has 104 valence electrons. The average molecular weight is 281 g/mol. The van der Waals surface area contributed by atoms with Gasteiger partial charge in [-0.15, -0.1) is 0 Å². The molecular formula is C14H10F3NO2. The minimum atomic E-state index is -1.17. The van der Waals surface area contributed by atoms with E-state index in [0.717, 1.165) is 24.4 Å². The number of nitrogens with zero attached hydrogens (tertiary/aromatic N) is 1. The van der Waals surface area contributed by atoms with E-state index in [9.17, 15) is 23.1 Å². The number of rotatable bonds is 4. The third-order valence-electron chi connectivity index (χ3n) is 2.83. The molecule has 2 rings (SSSR count). The Morgan fingerprint density at radius 1 is 1.15 bits per heavy atom. The van der Waals surface area contributed by atoms with Gasteiger partial charge in [0.1, 0.15) is 11.7 Å². The summed E-state index contributed by atoms with van der Waals surface area (Å²) in [6.07, 6.45) is 0.849. The third kappa shape index (κ3) is 3.14. The Morgan fingerprint density at radius 2 is 1.90 bits per heavy atom. The lowest BCUT2D eigenvalue weighted by atomic mass is 9.95. The number of carbonyl (C=O) groups is 1. The van der Waals surface area contributed by atoms with E-state index in [0.29, 0.717) is 5.56 Å². The van der Waals surface area contributed by atoms with E-state index in [2.05, 4.69) is 4.98 Å². The van der Waals surface area contributed by atoms with Crippen LogP contribution in [0.5, 0.6) is 0 Å². The quantitative estimate of drug-likeness (QED) is 0.937. The van der Waals surface area contributed by atoms with Crippen molar-refractivity contribution in [2.75, 3.05) is 0 Å². The molecule has 0 aliphatic carbocycles. The first kappa shape index (κ1) is 14.0. The van der Waals surface area contributed by atoms with Gasteiger partial charge < -0.3 is 5.11 Å². The molecular weight excluding hydrogens is 271 g/mol. The highest BCUT2D eigenvalue weighted by Gasteiger charge is 2.22. The normalized spacial score (nSPS) is 12.2. The van der Waals surface area contributed by atoms with E-state index in [-0.39, 0.29) is 12.1 Å². The van der Waals surface area contributed by atoms with E-state index in [1.165, 1.54) is 12.1 Å². The van der Waals surface area contributed by atoms with Crippen molar-refractivity contribution in [3.8, 4) is 0 Å². The molecule has 6 heteroatoms. The zero-order valence-electron chi connectivity index (χ0n) is 10.2. The van der Waals surface area contributed by atoms with Gasteiger partial charge >= 0.3 is 5.97 Å². The number of pyridine rings is 1. The molecule has 2 aromatic rings. The first-order chi connectivity index (χ1) is 9.47. The minimum absolute atomic E-state index is 0.0643. The summed E-state index contributed by atoms with van der Waals surface area (Å²) in [6, 6.07) is 5.53. The summed E-state index contributed by atoms with van der Waals surface area (Å²) in [5, 5.41) is 9.18. The SMILES string of the molecule is O=C(O)C(Cc1ccc(F)c(F)c1)c1ccc(F)cn1. The molecule has 20 heavy (non-hydrogen) atoms. The van der Waals surface area contributed by atoms with E-state index in [1.807, 2.05) is 0 Å². The summed E-state index contributed by atoms with van der Waals surface area (Å²) in [4.78, 5) is 15.0. The number of hydrogen-bond donors (Lipinski definition) is 1. The van der Waals surface area contributed by atoms with Crippen LogP contribution < -0.4 is 0 Å². The molecule has 1 N–H and O–H groups in total. The van der Waals surface area contributed by atoms with Crippen LogP contribution in [0.1, 0.15) is 17.2 Å². The minimum Gasteiger partial charge on any atom is -0.481 e. The Hall–Kier alpha value is -2.37. The molecule has 1 heterocycles. The highest BCUT2D eigenvalue weighted by atomic mass is 19.2. The lowest BCUT2D eigenvalue weighted by Crippen LogP contribution is -2.16. The van der Waals surface area contributed by atoms with Crippen molar-refractivity contribution in [1.29, 1.82) is 0 Å². The lowest BCUT2D eigenvalue weighted by Gasteiger charge is -2.12.